The van der Waals surface area contributed by atoms with Gasteiger partial charge in [-0.05, 0) is 172 Å². The zero-order valence-electron chi connectivity index (χ0n) is 53.1. The van der Waals surface area contributed by atoms with Gasteiger partial charge in [-0.1, -0.05) is 60.9 Å². The summed E-state index contributed by atoms with van der Waals surface area (Å²) in [4.78, 5) is 6.17. The van der Waals surface area contributed by atoms with E-state index in [1.807, 2.05) is 92.1 Å². The first kappa shape index (κ1) is 89.6. The molecule has 0 aliphatic carbocycles. The van der Waals surface area contributed by atoms with Crippen LogP contribution >= 0.6 is 0 Å². The minimum atomic E-state index is -0.317. The number of nitrogens with one attached hydrogen (secondary N) is 3. The number of aromatic amines is 3. The van der Waals surface area contributed by atoms with E-state index < -0.39 is 0 Å². The second-order valence-electron chi connectivity index (χ2n) is 21.0. The number of hydrogen-bond acceptors (Lipinski definition) is 3. The zero-order chi connectivity index (χ0) is 65.7. The first-order valence-corrected chi connectivity index (χ1v) is 29.3. The number of benzene rings is 9. The molecule has 0 amide bonds. The van der Waals surface area contributed by atoms with Crippen molar-refractivity contribution in [1.82, 2.24) is 29.3 Å². The van der Waals surface area contributed by atoms with Gasteiger partial charge in [0.15, 0.2) is 0 Å². The van der Waals surface area contributed by atoms with Crippen molar-refractivity contribution < 1.29 is 149 Å². The number of nitriles is 1. The largest absolute Gasteiger partial charge is 0.651 e. The van der Waals surface area contributed by atoms with Gasteiger partial charge in [0.05, 0.1) is 33.6 Å². The molecule has 21 heteroatoms. The summed E-state index contributed by atoms with van der Waals surface area (Å²) in [5, 5.41) is 23.8. The number of H-pyrrole nitrogens is 3. The number of hydrogen-bond donors (Lipinski definition) is 3. The Morgan fingerprint density at radius 1 is 0.525 bits per heavy atom. The van der Waals surface area contributed by atoms with Gasteiger partial charge >= 0.3 is 0 Å². The van der Waals surface area contributed by atoms with Crippen LogP contribution in [0.3, 0.4) is 0 Å². The number of halogens is 6. The van der Waals surface area contributed by atoms with Crippen LogP contribution in [0, 0.1) is 113 Å². The SMILES string of the molecule is [CH-]=Cc1ccc2ccc(F)cc2c1.[CH2-]C#Cc1ccc2ccc(F)cc2c1.[CH2-]CCCn1ccc2ccc(F)cc21.[CH2-]CCc1c[nH]c2ccc(C#N)cc12.[CH2-]CCn1cc(C)c2ccc(F)cc21.[CH2-]Oc1n[nH]c2ccc(F)cc12.[CH2-]c1c[nH]c2ccc(F)cc12.[Co].[Co].[Co].[Co].[Co].[Co].[Co]. The molecule has 3 N–H and O–H groups in total. The van der Waals surface area contributed by atoms with E-state index in [9.17, 15) is 26.3 Å². The third-order valence-corrected chi connectivity index (χ3v) is 14.6. The van der Waals surface area contributed by atoms with Crippen molar-refractivity contribution in [3.8, 4) is 23.8 Å². The second-order valence-corrected chi connectivity index (χ2v) is 21.0. The summed E-state index contributed by atoms with van der Waals surface area (Å²) in [5.41, 5.74) is 10.4. The molecule has 7 radical (unpaired) electrons. The molecular formula is C78H66Co7F6N7O-7. The number of aryl methyl sites for hydroxylation is 4. The van der Waals surface area contributed by atoms with E-state index in [1.54, 1.807) is 42.6 Å². The number of rotatable bonds is 9. The van der Waals surface area contributed by atoms with E-state index in [0.717, 1.165) is 133 Å². The van der Waals surface area contributed by atoms with Crippen LogP contribution in [0.4, 0.5) is 26.3 Å². The van der Waals surface area contributed by atoms with Gasteiger partial charge in [-0.3, -0.25) is 23.5 Å². The number of fused-ring (bicyclic) bond motifs is 7. The average molecular weight is 1640 g/mol. The van der Waals surface area contributed by atoms with Gasteiger partial charge in [0, 0.05) is 159 Å². The number of aromatic nitrogens is 6. The number of ether oxygens (including phenoxy) is 1. The van der Waals surface area contributed by atoms with Crippen LogP contribution in [0.2, 0.25) is 0 Å². The summed E-state index contributed by atoms with van der Waals surface area (Å²) in [6.45, 7) is 27.8. The molecule has 14 rings (SSSR count). The van der Waals surface area contributed by atoms with E-state index in [2.05, 4.69) is 99.9 Å². The molecule has 99 heavy (non-hydrogen) atoms. The molecule has 0 unspecified atom stereocenters. The predicted molar refractivity (Wildman–Crippen MR) is 363 cm³/mol. The topological polar surface area (TPSA) is 103 Å². The van der Waals surface area contributed by atoms with Crippen LogP contribution in [0.1, 0.15) is 59.1 Å². The molecule has 0 aliphatic heterocycles. The molecule has 0 atom stereocenters. The Bertz CT molecular complexity index is 4930. The Morgan fingerprint density at radius 2 is 1.06 bits per heavy atom. The molecule has 5 aromatic heterocycles. The zero-order valence-corrected chi connectivity index (χ0v) is 60.4. The van der Waals surface area contributed by atoms with Crippen molar-refractivity contribution in [2.45, 2.75) is 52.1 Å². The van der Waals surface area contributed by atoms with Gasteiger partial charge in [-0.25, -0.2) is 32.4 Å². The van der Waals surface area contributed by atoms with Crippen LogP contribution in [0.25, 0.3) is 82.1 Å². The van der Waals surface area contributed by atoms with Crippen LogP contribution in [-0.2, 0) is 137 Å². The van der Waals surface area contributed by atoms with E-state index in [4.69, 9.17) is 11.8 Å². The molecule has 9 aromatic carbocycles. The predicted octanol–water partition coefficient (Wildman–Crippen LogP) is 20.4. The van der Waals surface area contributed by atoms with E-state index >= 15 is 0 Å². The summed E-state index contributed by atoms with van der Waals surface area (Å²) >= 11 is 0. The summed E-state index contributed by atoms with van der Waals surface area (Å²) in [6.07, 6.45) is 13.9. The fourth-order valence-electron chi connectivity index (χ4n) is 10.0. The Labute approximate surface area is 646 Å². The standard InChI is InChI=1S/C13H8F.2C12H13FN.C12H8F.C12H11N2.C9H7FN.C8H6FN2O.7Co/c1-2-3-10-4-5-11-6-7-13(14)9-12(11)8-10;1-3-6-14-8-9(2)11-5-4-10(13)7-12(11)14;1-2-3-7-14-8-6-10-4-5-11(13)9-12(10)14;1-2-9-3-4-10-5-6-12(13)8-11(10)7-9;1-2-3-10-8-14-12-5-4-9(7-13)6-11(10)12;1-6-5-11-9-3-2-7(10)4-8(6)9;1-12-8-6-4-5(9)2-3-7(6)10-11-8;;;;;;;/h4-9H,1H2;4-5,7-8H,1,3,6H2,2H3;4-6,8-9H,1-3,7H2;1-8H;4-6,8,14H,1-3H2;2-5,11H,1H2;2-4H,1H2,(H,10,11);;;;;;;/q7*-1;;;;;;;. The maximum absolute atomic E-state index is 13.0. The Kier molecular flexibility index (Phi) is 40.4. The van der Waals surface area contributed by atoms with E-state index in [0.29, 0.717) is 16.8 Å². The van der Waals surface area contributed by atoms with Crippen LogP contribution in [-0.4, -0.2) is 29.3 Å². The number of unbranched alkanes of at least 4 members (excludes halogenated alkanes) is 1. The fraction of sp³-hybridized carbons (Fsp3) is 0.103. The first-order chi connectivity index (χ1) is 44.5. The van der Waals surface area contributed by atoms with Gasteiger partial charge in [0.2, 0.25) is 5.88 Å². The van der Waals surface area contributed by atoms with Crippen molar-refractivity contribution >= 4 is 82.1 Å². The monoisotopic (exact) mass is 1640 g/mol. The minimum Gasteiger partial charge on any atom is -0.651 e. The maximum Gasteiger partial charge on any atom is 0.208 e. The van der Waals surface area contributed by atoms with Gasteiger partial charge < -0.3 is 44.6 Å². The second kappa shape index (κ2) is 44.7. The molecule has 0 spiro atoms. The molecule has 0 saturated carbocycles. The molecule has 5 heterocycles. The summed E-state index contributed by atoms with van der Waals surface area (Å²) in [6, 6.07) is 49.4. The van der Waals surface area contributed by atoms with Crippen molar-refractivity contribution in [2.24, 2.45) is 0 Å². The van der Waals surface area contributed by atoms with Gasteiger partial charge in [0.1, 0.15) is 34.9 Å². The van der Waals surface area contributed by atoms with E-state index in [-0.39, 0.29) is 152 Å². The molecular weight excluding hydrogens is 1580 g/mol. The van der Waals surface area contributed by atoms with E-state index in [1.165, 1.54) is 77.9 Å². The van der Waals surface area contributed by atoms with Crippen molar-refractivity contribution in [1.29, 1.82) is 5.26 Å². The molecule has 14 aromatic rings. The third-order valence-electron chi connectivity index (χ3n) is 14.6. The van der Waals surface area contributed by atoms with Crippen LogP contribution < -0.4 is 4.74 Å². The minimum absolute atomic E-state index is 0. The molecule has 531 valence electrons. The summed E-state index contributed by atoms with van der Waals surface area (Å²) in [7, 11) is 3.20. The Balaban J connectivity index is 0.000000571. The Morgan fingerprint density at radius 3 is 1.68 bits per heavy atom. The number of nitrogens with zero attached hydrogens (tertiary/aromatic N) is 4. The maximum atomic E-state index is 13.0. The Hall–Kier alpha value is -7.41. The quantitative estimate of drug-likeness (QED) is 0.0762. The molecule has 8 nitrogen and oxygen atoms in total. The molecule has 0 saturated heterocycles. The van der Waals surface area contributed by atoms with Crippen LogP contribution in [0.5, 0.6) is 5.88 Å². The average Bonchev–Trinajstić information content (AvgIpc) is 1.13. The molecule has 0 aliphatic rings. The normalized spacial score (nSPS) is 9.72. The van der Waals surface area contributed by atoms with Crippen molar-refractivity contribution in [3.63, 3.8) is 0 Å². The first-order valence-electron chi connectivity index (χ1n) is 29.3. The third kappa shape index (κ3) is 25.0. The summed E-state index contributed by atoms with van der Waals surface area (Å²) in [5.74, 6) is 4.38. The van der Waals surface area contributed by atoms with Crippen molar-refractivity contribution in [3.05, 3.63) is 311 Å². The molecule has 0 bridgehead atoms. The van der Waals surface area contributed by atoms with Gasteiger partial charge in [-0.15, -0.1) is 28.8 Å². The van der Waals surface area contributed by atoms with Gasteiger partial charge in [0.25, 0.3) is 0 Å². The molecule has 0 fully saturated rings. The summed E-state index contributed by atoms with van der Waals surface area (Å²) < 4.78 is 85.9. The van der Waals surface area contributed by atoms with Crippen LogP contribution in [0.15, 0.2) is 195 Å². The van der Waals surface area contributed by atoms with Gasteiger partial charge in [-0.2, -0.15) is 56.6 Å². The fourth-order valence-corrected chi connectivity index (χ4v) is 10.0. The smallest absolute Gasteiger partial charge is 0.208 e. The van der Waals surface area contributed by atoms with Crippen molar-refractivity contribution in [2.75, 3.05) is 0 Å².